The molecule has 0 aliphatic carbocycles. The van der Waals surface area contributed by atoms with Gasteiger partial charge in [-0.25, -0.2) is 4.79 Å². The van der Waals surface area contributed by atoms with Gasteiger partial charge in [-0.15, -0.1) is 0 Å². The summed E-state index contributed by atoms with van der Waals surface area (Å²) in [6, 6.07) is 9.55. The number of ether oxygens (including phenoxy) is 1. The van der Waals surface area contributed by atoms with Crippen LogP contribution in [0.1, 0.15) is 0 Å². The average molecular weight is 406 g/mol. The number of hydrogen-bond donors (Lipinski definition) is 3. The molecule has 0 unspecified atom stereocenters. The summed E-state index contributed by atoms with van der Waals surface area (Å²) >= 11 is 0. The average Bonchev–Trinajstić information content (AvgIpc) is 2.96. The van der Waals surface area contributed by atoms with E-state index >= 15 is 0 Å². The minimum absolute atomic E-state index is 0.00426. The Balaban J connectivity index is 2.15. The van der Waals surface area contributed by atoms with Crippen molar-refractivity contribution < 1.29 is 32.4 Å². The highest BCUT2D eigenvalue weighted by Crippen LogP contribution is 2.33. The van der Waals surface area contributed by atoms with Crippen molar-refractivity contribution in [2.75, 3.05) is 32.1 Å². The van der Waals surface area contributed by atoms with Crippen LogP contribution in [-0.2, 0) is 24.4 Å². The van der Waals surface area contributed by atoms with Gasteiger partial charge in [-0.05, 0) is 11.5 Å². The maximum absolute atomic E-state index is 12.6. The van der Waals surface area contributed by atoms with Crippen LogP contribution in [0.15, 0.2) is 52.6 Å². The lowest BCUT2D eigenvalue weighted by molar-refractivity contribution is -0.136. The summed E-state index contributed by atoms with van der Waals surface area (Å²) in [4.78, 5) is 25.5. The predicted octanol–water partition coefficient (Wildman–Crippen LogP) is 0.760. The highest BCUT2D eigenvalue weighted by atomic mass is 32.2. The Labute approximate surface area is 161 Å². The lowest BCUT2D eigenvalue weighted by Crippen LogP contribution is -2.31. The predicted molar refractivity (Wildman–Crippen MR) is 100 cm³/mol. The third-order valence-corrected chi connectivity index (χ3v) is 5.31. The summed E-state index contributed by atoms with van der Waals surface area (Å²) in [7, 11) is -3.49. The first-order valence-corrected chi connectivity index (χ1v) is 9.69. The zero-order chi connectivity index (χ0) is 20.5. The van der Waals surface area contributed by atoms with Gasteiger partial charge in [0.15, 0.2) is 0 Å². The Morgan fingerprint density at radius 1 is 1.25 bits per heavy atom. The van der Waals surface area contributed by atoms with E-state index in [1.165, 1.54) is 17.0 Å². The van der Waals surface area contributed by atoms with E-state index < -0.39 is 26.9 Å². The molecule has 0 aromatic heterocycles. The largest absolute Gasteiger partial charge is 0.466 e. The molecule has 2 aromatic rings. The molecule has 0 spiro atoms. The number of amides is 1. The quantitative estimate of drug-likeness (QED) is 0.473. The molecule has 0 fully saturated rings. The minimum atomic E-state index is -4.65. The number of aliphatic hydroxyl groups excluding tert-OH is 1. The second-order valence-corrected chi connectivity index (χ2v) is 7.42. The zero-order valence-electron chi connectivity index (χ0n) is 14.9. The van der Waals surface area contributed by atoms with Crippen molar-refractivity contribution >= 4 is 38.5 Å². The Morgan fingerprint density at radius 3 is 2.61 bits per heavy atom. The third-order valence-electron chi connectivity index (χ3n) is 4.35. The molecular formula is C18H18N2O7S. The van der Waals surface area contributed by atoms with Gasteiger partial charge in [-0.2, -0.15) is 8.42 Å². The van der Waals surface area contributed by atoms with Gasteiger partial charge in [0.25, 0.3) is 16.0 Å². The second kappa shape index (κ2) is 7.58. The molecule has 3 N–H and O–H groups in total. The summed E-state index contributed by atoms with van der Waals surface area (Å²) in [6.07, 6.45) is 0. The van der Waals surface area contributed by atoms with Crippen LogP contribution < -0.4 is 5.32 Å². The number of anilines is 1. The Hall–Kier alpha value is -2.95. The molecule has 0 saturated heterocycles. The first-order valence-electron chi connectivity index (χ1n) is 8.25. The molecular weight excluding hydrogens is 388 g/mol. The van der Waals surface area contributed by atoms with Crippen molar-refractivity contribution in [3.63, 3.8) is 0 Å². The number of methoxy groups -OCH3 is 1. The summed E-state index contributed by atoms with van der Waals surface area (Å²) in [5.74, 6) is -1.35. The molecule has 1 amide bonds. The van der Waals surface area contributed by atoms with Crippen molar-refractivity contribution in [2.45, 2.75) is 4.90 Å². The molecule has 1 aliphatic rings. The molecule has 2 aromatic carbocycles. The number of carbonyl (C=O) groups is 2. The molecule has 28 heavy (non-hydrogen) atoms. The van der Waals surface area contributed by atoms with E-state index in [1.807, 2.05) is 0 Å². The molecule has 1 aliphatic heterocycles. The fourth-order valence-electron chi connectivity index (χ4n) is 3.10. The normalized spacial score (nSPS) is 14.7. The summed E-state index contributed by atoms with van der Waals surface area (Å²) < 4.78 is 38.5. The molecule has 1 heterocycles. The lowest BCUT2D eigenvalue weighted by atomic mass is 10.1. The number of nitrogens with zero attached hydrogens (tertiary/aromatic N) is 1. The van der Waals surface area contributed by atoms with Gasteiger partial charge in [0.05, 0.1) is 31.5 Å². The van der Waals surface area contributed by atoms with Gasteiger partial charge in [-0.3, -0.25) is 9.35 Å². The van der Waals surface area contributed by atoms with Gasteiger partial charge in [0.1, 0.15) is 10.6 Å². The molecule has 10 heteroatoms. The van der Waals surface area contributed by atoms with E-state index in [1.54, 1.807) is 24.3 Å². The number of nitrogens with one attached hydrogen (secondary N) is 1. The number of rotatable bonds is 6. The number of fused-ring (bicyclic) bond motifs is 1. The molecule has 9 nitrogen and oxygen atoms in total. The van der Waals surface area contributed by atoms with Crippen LogP contribution in [0, 0.1) is 0 Å². The van der Waals surface area contributed by atoms with Crippen molar-refractivity contribution in [3.8, 4) is 0 Å². The number of benzene rings is 2. The van der Waals surface area contributed by atoms with Crippen molar-refractivity contribution in [2.24, 2.45) is 0 Å². The summed E-state index contributed by atoms with van der Waals surface area (Å²) in [5.41, 5.74) is -0.229. The zero-order valence-corrected chi connectivity index (χ0v) is 15.7. The van der Waals surface area contributed by atoms with Crippen LogP contribution in [-0.4, -0.2) is 61.7 Å². The highest BCUT2D eigenvalue weighted by Gasteiger charge is 2.35. The second-order valence-electron chi connectivity index (χ2n) is 6.06. The maximum Gasteiger partial charge on any atom is 0.337 e. The lowest BCUT2D eigenvalue weighted by Gasteiger charge is -2.16. The summed E-state index contributed by atoms with van der Waals surface area (Å²) in [6.45, 7) is -0.406. The number of carbonyl (C=O) groups excluding carboxylic acids is 2. The SMILES string of the molecule is COC(=O)C1=C(Nc2ccc3ccccc3c2S(=O)(=O)O)C(=O)N(CCO)C1. The Kier molecular flexibility index (Phi) is 5.36. The number of β-amino-alcohol motifs (C(OH)–C–C–N with tert-alkyl or cyclic N) is 1. The van der Waals surface area contributed by atoms with Crippen LogP contribution >= 0.6 is 0 Å². The van der Waals surface area contributed by atoms with Crippen molar-refractivity contribution in [3.05, 3.63) is 47.7 Å². The Morgan fingerprint density at radius 2 is 1.96 bits per heavy atom. The van der Waals surface area contributed by atoms with E-state index in [0.29, 0.717) is 5.39 Å². The molecule has 0 atom stereocenters. The first kappa shape index (κ1) is 19.8. The fourth-order valence-corrected chi connectivity index (χ4v) is 3.96. The standard InChI is InChI=1S/C18H18N2O7S/c1-27-18(23)13-10-20(8-9-21)17(22)15(13)19-14-7-6-11-4-2-3-5-12(11)16(14)28(24,25)26/h2-7,19,21H,8-10H2,1H3,(H,24,25,26). The van der Waals surface area contributed by atoms with Crippen LogP contribution in [0.25, 0.3) is 10.8 Å². The fraction of sp³-hybridized carbons (Fsp3) is 0.222. The van der Waals surface area contributed by atoms with Gasteiger partial charge in [0, 0.05) is 11.9 Å². The third kappa shape index (κ3) is 3.57. The van der Waals surface area contributed by atoms with E-state index in [4.69, 9.17) is 9.84 Å². The van der Waals surface area contributed by atoms with Gasteiger partial charge in [-0.1, -0.05) is 30.3 Å². The number of esters is 1. The molecule has 0 saturated carbocycles. The van der Waals surface area contributed by atoms with Crippen molar-refractivity contribution in [1.29, 1.82) is 0 Å². The van der Waals surface area contributed by atoms with Crippen LogP contribution in [0.5, 0.6) is 0 Å². The molecule has 3 rings (SSSR count). The Bertz CT molecular complexity index is 1090. The van der Waals surface area contributed by atoms with Gasteiger partial charge >= 0.3 is 5.97 Å². The van der Waals surface area contributed by atoms with Crippen LogP contribution in [0.2, 0.25) is 0 Å². The smallest absolute Gasteiger partial charge is 0.337 e. The van der Waals surface area contributed by atoms with Gasteiger partial charge in [0.2, 0.25) is 0 Å². The van der Waals surface area contributed by atoms with E-state index in [0.717, 1.165) is 7.11 Å². The van der Waals surface area contributed by atoms with Crippen LogP contribution in [0.3, 0.4) is 0 Å². The summed E-state index contributed by atoms with van der Waals surface area (Å²) in [5, 5.41) is 12.6. The molecule has 0 bridgehead atoms. The topological polar surface area (TPSA) is 133 Å². The first-order chi connectivity index (χ1) is 13.3. The van der Waals surface area contributed by atoms with Gasteiger partial charge < -0.3 is 20.1 Å². The molecule has 0 radical (unpaired) electrons. The number of aliphatic hydroxyl groups is 1. The number of hydrogen-bond acceptors (Lipinski definition) is 7. The molecule has 148 valence electrons. The minimum Gasteiger partial charge on any atom is -0.466 e. The van der Waals surface area contributed by atoms with E-state index in [9.17, 15) is 22.6 Å². The monoisotopic (exact) mass is 406 g/mol. The van der Waals surface area contributed by atoms with E-state index in [-0.39, 0.29) is 42.0 Å². The van der Waals surface area contributed by atoms with E-state index in [2.05, 4.69) is 5.32 Å². The van der Waals surface area contributed by atoms with Crippen LogP contribution in [0.4, 0.5) is 5.69 Å². The highest BCUT2D eigenvalue weighted by molar-refractivity contribution is 7.86. The maximum atomic E-state index is 12.6. The van der Waals surface area contributed by atoms with Crippen molar-refractivity contribution in [1.82, 2.24) is 4.90 Å².